The smallest absolute Gasteiger partial charge is 0.223 e. The molecule has 1 aliphatic rings. The number of H-pyrrole nitrogens is 1. The van der Waals surface area contributed by atoms with Crippen molar-refractivity contribution in [2.24, 2.45) is 0 Å². The number of likely N-dealkylation sites (tertiary alicyclic amines) is 1. The second-order valence-electron chi connectivity index (χ2n) is 6.85. The fourth-order valence-corrected chi connectivity index (χ4v) is 3.87. The minimum Gasteiger partial charge on any atom is -0.497 e. The molecule has 1 aromatic heterocycles. The monoisotopic (exact) mass is 334 g/mol. The zero-order valence-corrected chi connectivity index (χ0v) is 14.6. The van der Waals surface area contributed by atoms with Crippen LogP contribution >= 0.6 is 0 Å². The second kappa shape index (κ2) is 5.96. The molecule has 3 aromatic rings. The summed E-state index contributed by atoms with van der Waals surface area (Å²) in [6.07, 6.45) is 3.49. The number of nitrogens with one attached hydrogen (secondary N) is 1. The van der Waals surface area contributed by atoms with Crippen molar-refractivity contribution in [3.8, 4) is 5.75 Å². The molecule has 4 heteroatoms. The molecule has 1 saturated heterocycles. The van der Waals surface area contributed by atoms with Crippen LogP contribution < -0.4 is 4.74 Å². The largest absolute Gasteiger partial charge is 0.497 e. The molecule has 0 saturated carbocycles. The van der Waals surface area contributed by atoms with Crippen LogP contribution in [0.1, 0.15) is 30.9 Å². The SMILES string of the molecule is COc1ccc(CN2C(=O)CCC2(C)c2c[nH]c3ccccc23)cc1. The number of para-hydroxylation sites is 1. The Kier molecular flexibility index (Phi) is 3.75. The van der Waals surface area contributed by atoms with Gasteiger partial charge in [-0.1, -0.05) is 30.3 Å². The van der Waals surface area contributed by atoms with Gasteiger partial charge in [-0.15, -0.1) is 0 Å². The fraction of sp³-hybridized carbons (Fsp3) is 0.286. The van der Waals surface area contributed by atoms with Gasteiger partial charge in [-0.3, -0.25) is 4.79 Å². The third-order valence-electron chi connectivity index (χ3n) is 5.39. The summed E-state index contributed by atoms with van der Waals surface area (Å²) in [4.78, 5) is 18.0. The van der Waals surface area contributed by atoms with E-state index in [-0.39, 0.29) is 11.4 Å². The van der Waals surface area contributed by atoms with Crippen LogP contribution in [0, 0.1) is 0 Å². The van der Waals surface area contributed by atoms with Crippen LogP contribution in [0.4, 0.5) is 0 Å². The summed E-state index contributed by atoms with van der Waals surface area (Å²) in [5.74, 6) is 1.04. The maximum Gasteiger partial charge on any atom is 0.223 e. The molecule has 1 unspecified atom stereocenters. The predicted molar refractivity (Wildman–Crippen MR) is 98.4 cm³/mol. The lowest BCUT2D eigenvalue weighted by Gasteiger charge is -2.35. The number of nitrogens with zero attached hydrogens (tertiary/aromatic N) is 1. The number of amides is 1. The normalized spacial score (nSPS) is 20.4. The Labute approximate surface area is 147 Å². The highest BCUT2D eigenvalue weighted by molar-refractivity contribution is 5.87. The number of rotatable bonds is 4. The second-order valence-corrected chi connectivity index (χ2v) is 6.85. The van der Waals surface area contributed by atoms with Crippen LogP contribution in [0.2, 0.25) is 0 Å². The molecule has 4 nitrogen and oxygen atoms in total. The first kappa shape index (κ1) is 15.8. The van der Waals surface area contributed by atoms with E-state index >= 15 is 0 Å². The number of aromatic amines is 1. The molecule has 1 N–H and O–H groups in total. The van der Waals surface area contributed by atoms with Gasteiger partial charge in [0.05, 0.1) is 12.6 Å². The lowest BCUT2D eigenvalue weighted by Crippen LogP contribution is -2.40. The summed E-state index contributed by atoms with van der Waals surface area (Å²) in [6, 6.07) is 16.2. The van der Waals surface area contributed by atoms with Gasteiger partial charge in [-0.05, 0) is 37.1 Å². The van der Waals surface area contributed by atoms with Gasteiger partial charge in [0.1, 0.15) is 5.75 Å². The quantitative estimate of drug-likeness (QED) is 0.776. The van der Waals surface area contributed by atoms with Crippen molar-refractivity contribution in [2.75, 3.05) is 7.11 Å². The number of hydrogen-bond donors (Lipinski definition) is 1. The molecule has 1 amide bonds. The van der Waals surface area contributed by atoms with E-state index in [1.54, 1.807) is 7.11 Å². The van der Waals surface area contributed by atoms with E-state index in [9.17, 15) is 4.79 Å². The van der Waals surface area contributed by atoms with Crippen LogP contribution in [0.15, 0.2) is 54.7 Å². The van der Waals surface area contributed by atoms with Crippen molar-refractivity contribution in [3.63, 3.8) is 0 Å². The molecule has 1 fully saturated rings. The Morgan fingerprint density at radius 3 is 2.68 bits per heavy atom. The molecule has 0 aliphatic carbocycles. The van der Waals surface area contributed by atoms with E-state index in [0.29, 0.717) is 13.0 Å². The highest BCUT2D eigenvalue weighted by Gasteiger charge is 2.43. The van der Waals surface area contributed by atoms with E-state index in [4.69, 9.17) is 4.74 Å². The zero-order valence-electron chi connectivity index (χ0n) is 14.6. The lowest BCUT2D eigenvalue weighted by molar-refractivity contribution is -0.131. The van der Waals surface area contributed by atoms with E-state index in [1.807, 2.05) is 41.3 Å². The number of carbonyl (C=O) groups is 1. The maximum absolute atomic E-state index is 12.6. The van der Waals surface area contributed by atoms with E-state index < -0.39 is 0 Å². The molecular weight excluding hydrogens is 312 g/mol. The van der Waals surface area contributed by atoms with Gasteiger partial charge in [0, 0.05) is 35.6 Å². The van der Waals surface area contributed by atoms with Gasteiger partial charge in [-0.25, -0.2) is 0 Å². The van der Waals surface area contributed by atoms with E-state index in [2.05, 4.69) is 30.2 Å². The third kappa shape index (κ3) is 2.58. The maximum atomic E-state index is 12.6. The standard InChI is InChI=1S/C21H22N2O2/c1-21(18-13-22-19-6-4-3-5-17(18)19)12-11-20(24)23(21)14-15-7-9-16(25-2)10-8-15/h3-10,13,22H,11-12,14H2,1-2H3. The topological polar surface area (TPSA) is 45.3 Å². The first-order valence-corrected chi connectivity index (χ1v) is 8.62. The van der Waals surface area contributed by atoms with Crippen molar-refractivity contribution < 1.29 is 9.53 Å². The minimum absolute atomic E-state index is 0.212. The van der Waals surface area contributed by atoms with Gasteiger partial charge in [0.15, 0.2) is 0 Å². The van der Waals surface area contributed by atoms with Crippen molar-refractivity contribution in [1.82, 2.24) is 9.88 Å². The summed E-state index contributed by atoms with van der Waals surface area (Å²) < 4.78 is 5.22. The highest BCUT2D eigenvalue weighted by Crippen LogP contribution is 2.43. The molecule has 2 heterocycles. The van der Waals surface area contributed by atoms with Crippen molar-refractivity contribution >= 4 is 16.8 Å². The minimum atomic E-state index is -0.295. The molecule has 0 radical (unpaired) electrons. The van der Waals surface area contributed by atoms with Crippen LogP contribution in [-0.4, -0.2) is 22.9 Å². The van der Waals surface area contributed by atoms with Crippen molar-refractivity contribution in [1.29, 1.82) is 0 Å². The van der Waals surface area contributed by atoms with Crippen LogP contribution in [-0.2, 0) is 16.9 Å². The van der Waals surface area contributed by atoms with Gasteiger partial charge in [-0.2, -0.15) is 0 Å². The number of carbonyl (C=O) groups excluding carboxylic acids is 1. The summed E-state index contributed by atoms with van der Waals surface area (Å²) >= 11 is 0. The molecule has 25 heavy (non-hydrogen) atoms. The molecule has 128 valence electrons. The van der Waals surface area contributed by atoms with E-state index in [0.717, 1.165) is 23.3 Å². The van der Waals surface area contributed by atoms with Crippen molar-refractivity contribution in [3.05, 3.63) is 65.9 Å². The number of ether oxygens (including phenoxy) is 1. The number of aromatic nitrogens is 1. The average molecular weight is 334 g/mol. The molecule has 4 rings (SSSR count). The van der Waals surface area contributed by atoms with Gasteiger partial charge in [0.2, 0.25) is 5.91 Å². The molecule has 0 bridgehead atoms. The average Bonchev–Trinajstić information content (AvgIpc) is 3.20. The van der Waals surface area contributed by atoms with E-state index in [1.165, 1.54) is 10.9 Å². The Hall–Kier alpha value is -2.75. The molecule has 1 aliphatic heterocycles. The predicted octanol–water partition coefficient (Wildman–Crippen LogP) is 4.21. The molecule has 2 aromatic carbocycles. The first-order chi connectivity index (χ1) is 12.1. The van der Waals surface area contributed by atoms with Crippen LogP contribution in [0.5, 0.6) is 5.75 Å². The van der Waals surface area contributed by atoms with Crippen LogP contribution in [0.25, 0.3) is 10.9 Å². The summed E-state index contributed by atoms with van der Waals surface area (Å²) in [7, 11) is 1.66. The number of benzene rings is 2. The molecule has 0 spiro atoms. The molecule has 1 atom stereocenters. The summed E-state index contributed by atoms with van der Waals surface area (Å²) in [5.41, 5.74) is 3.13. The van der Waals surface area contributed by atoms with Gasteiger partial charge < -0.3 is 14.6 Å². The Balaban J connectivity index is 1.70. The first-order valence-electron chi connectivity index (χ1n) is 8.62. The zero-order chi connectivity index (χ0) is 17.4. The summed E-state index contributed by atoms with van der Waals surface area (Å²) in [6.45, 7) is 2.79. The van der Waals surface area contributed by atoms with Crippen LogP contribution in [0.3, 0.4) is 0 Å². The van der Waals surface area contributed by atoms with Crippen molar-refractivity contribution in [2.45, 2.75) is 31.8 Å². The third-order valence-corrected chi connectivity index (χ3v) is 5.39. The van der Waals surface area contributed by atoms with Gasteiger partial charge in [0.25, 0.3) is 0 Å². The highest BCUT2D eigenvalue weighted by atomic mass is 16.5. The lowest BCUT2D eigenvalue weighted by atomic mass is 9.88. The Morgan fingerprint density at radius 1 is 1.16 bits per heavy atom. The summed E-state index contributed by atoms with van der Waals surface area (Å²) in [5, 5.41) is 1.19. The Morgan fingerprint density at radius 2 is 1.92 bits per heavy atom. The fourth-order valence-electron chi connectivity index (χ4n) is 3.87. The molecular formula is C21H22N2O2. The van der Waals surface area contributed by atoms with Gasteiger partial charge >= 0.3 is 0 Å². The number of hydrogen-bond acceptors (Lipinski definition) is 2. The number of methoxy groups -OCH3 is 1. The Bertz CT molecular complexity index is 913. The number of fused-ring (bicyclic) bond motifs is 1.